The third-order valence-corrected chi connectivity index (χ3v) is 3.74. The summed E-state index contributed by atoms with van der Waals surface area (Å²) in [5.74, 6) is -1.21. The first-order valence-electron chi connectivity index (χ1n) is 8.15. The summed E-state index contributed by atoms with van der Waals surface area (Å²) in [6.07, 6.45) is 0.481. The van der Waals surface area contributed by atoms with E-state index in [9.17, 15) is 14.4 Å². The van der Waals surface area contributed by atoms with Gasteiger partial charge in [-0.2, -0.15) is 5.26 Å². The molecule has 8 heteroatoms. The maximum absolute atomic E-state index is 12.2. The molecule has 0 saturated carbocycles. The number of nitrogens with one attached hydrogen (secondary N) is 2. The number of esters is 2. The molecule has 136 valence electrons. The number of carbonyl (C=O) groups is 3. The average Bonchev–Trinajstić information content (AvgIpc) is 2.65. The van der Waals surface area contributed by atoms with Crippen LogP contribution in [0.2, 0.25) is 0 Å². The van der Waals surface area contributed by atoms with Crippen molar-refractivity contribution in [1.29, 1.82) is 5.26 Å². The van der Waals surface area contributed by atoms with Gasteiger partial charge in [-0.3, -0.25) is 0 Å². The smallest absolute Gasteiger partial charge is 0.338 e. The predicted molar refractivity (Wildman–Crippen MR) is 90.8 cm³/mol. The average molecular weight is 357 g/mol. The van der Waals surface area contributed by atoms with Crippen molar-refractivity contribution in [3.05, 3.63) is 46.7 Å². The Kier molecular flexibility index (Phi) is 6.33. The van der Waals surface area contributed by atoms with Gasteiger partial charge in [-0.15, -0.1) is 0 Å². The summed E-state index contributed by atoms with van der Waals surface area (Å²) in [5, 5.41) is 13.9. The monoisotopic (exact) mass is 357 g/mol. The number of urea groups is 1. The zero-order valence-corrected chi connectivity index (χ0v) is 14.5. The van der Waals surface area contributed by atoms with Gasteiger partial charge >= 0.3 is 18.0 Å². The highest BCUT2D eigenvalue weighted by atomic mass is 16.5. The SMILES string of the molecule is CCOC(=O)C1=C(COC(=O)c2ccc(C#N)cc2)NC(=O)N[C@@H]1CC. The summed E-state index contributed by atoms with van der Waals surface area (Å²) in [4.78, 5) is 36.2. The highest BCUT2D eigenvalue weighted by Crippen LogP contribution is 2.18. The van der Waals surface area contributed by atoms with Gasteiger partial charge in [0.25, 0.3) is 0 Å². The number of nitriles is 1. The number of hydrogen-bond donors (Lipinski definition) is 2. The number of hydrogen-bond acceptors (Lipinski definition) is 6. The lowest BCUT2D eigenvalue weighted by atomic mass is 10.0. The van der Waals surface area contributed by atoms with Crippen LogP contribution in [0.5, 0.6) is 0 Å². The summed E-state index contributed by atoms with van der Waals surface area (Å²) < 4.78 is 10.2. The molecule has 2 rings (SSSR count). The fraction of sp³-hybridized carbons (Fsp3) is 0.333. The van der Waals surface area contributed by atoms with Gasteiger partial charge in [-0.25, -0.2) is 14.4 Å². The predicted octanol–water partition coefficient (Wildman–Crippen LogP) is 1.62. The van der Waals surface area contributed by atoms with Crippen molar-refractivity contribution in [1.82, 2.24) is 10.6 Å². The molecule has 1 aliphatic heterocycles. The van der Waals surface area contributed by atoms with Crippen LogP contribution in [0.1, 0.15) is 36.2 Å². The Hall–Kier alpha value is -3.34. The molecule has 8 nitrogen and oxygen atoms in total. The van der Waals surface area contributed by atoms with Crippen LogP contribution in [-0.4, -0.2) is 37.2 Å². The molecule has 0 radical (unpaired) electrons. The van der Waals surface area contributed by atoms with Gasteiger partial charge in [-0.1, -0.05) is 6.92 Å². The summed E-state index contributed by atoms with van der Waals surface area (Å²) in [5.41, 5.74) is 1.11. The molecular formula is C18H19N3O5. The molecule has 1 atom stereocenters. The number of rotatable bonds is 6. The highest BCUT2D eigenvalue weighted by molar-refractivity contribution is 5.95. The van der Waals surface area contributed by atoms with E-state index in [0.717, 1.165) is 0 Å². The van der Waals surface area contributed by atoms with Crippen molar-refractivity contribution in [2.24, 2.45) is 0 Å². The largest absolute Gasteiger partial charge is 0.463 e. The Labute approximate surface area is 150 Å². The fourth-order valence-corrected chi connectivity index (χ4v) is 2.48. The Morgan fingerprint density at radius 2 is 1.85 bits per heavy atom. The highest BCUT2D eigenvalue weighted by Gasteiger charge is 2.32. The summed E-state index contributed by atoms with van der Waals surface area (Å²) in [6, 6.07) is 6.90. The lowest BCUT2D eigenvalue weighted by Crippen LogP contribution is -2.51. The molecular weight excluding hydrogens is 338 g/mol. The molecule has 1 heterocycles. The fourth-order valence-electron chi connectivity index (χ4n) is 2.48. The first-order chi connectivity index (χ1) is 12.5. The standard InChI is InChI=1S/C18H19N3O5/c1-3-13-15(17(23)25-4-2)14(21-18(24)20-13)10-26-16(22)12-7-5-11(9-19)6-8-12/h5-8,13H,3-4,10H2,1-2H3,(H2,20,21,24)/t13-/m1/s1. The van der Waals surface area contributed by atoms with Gasteiger partial charge in [0.1, 0.15) is 6.61 Å². The second kappa shape index (κ2) is 8.67. The zero-order chi connectivity index (χ0) is 19.1. The van der Waals surface area contributed by atoms with E-state index in [1.807, 2.05) is 13.0 Å². The van der Waals surface area contributed by atoms with Gasteiger partial charge in [0, 0.05) is 0 Å². The van der Waals surface area contributed by atoms with E-state index in [4.69, 9.17) is 14.7 Å². The van der Waals surface area contributed by atoms with Crippen LogP contribution in [0.3, 0.4) is 0 Å². The molecule has 2 amide bonds. The zero-order valence-electron chi connectivity index (χ0n) is 14.5. The van der Waals surface area contributed by atoms with Crippen LogP contribution in [0.4, 0.5) is 4.79 Å². The summed E-state index contributed by atoms with van der Waals surface area (Å²) in [7, 11) is 0. The quantitative estimate of drug-likeness (QED) is 0.747. The lowest BCUT2D eigenvalue weighted by Gasteiger charge is -2.28. The normalized spacial score (nSPS) is 16.2. The number of ether oxygens (including phenoxy) is 2. The van der Waals surface area contributed by atoms with Gasteiger partial charge < -0.3 is 20.1 Å². The van der Waals surface area contributed by atoms with Crippen LogP contribution in [-0.2, 0) is 14.3 Å². The minimum absolute atomic E-state index is 0.186. The van der Waals surface area contributed by atoms with Gasteiger partial charge in [-0.05, 0) is 37.6 Å². The van der Waals surface area contributed by atoms with E-state index < -0.39 is 24.0 Å². The molecule has 0 aromatic heterocycles. The second-order valence-corrected chi connectivity index (χ2v) is 5.44. The van der Waals surface area contributed by atoms with Gasteiger partial charge in [0.05, 0.1) is 41.1 Å². The van der Waals surface area contributed by atoms with Crippen molar-refractivity contribution in [2.75, 3.05) is 13.2 Å². The van der Waals surface area contributed by atoms with E-state index in [-0.39, 0.29) is 30.0 Å². The van der Waals surface area contributed by atoms with Crippen LogP contribution in [0.15, 0.2) is 35.5 Å². The van der Waals surface area contributed by atoms with Gasteiger partial charge in [0.15, 0.2) is 0 Å². The van der Waals surface area contributed by atoms with E-state index in [2.05, 4.69) is 10.6 Å². The lowest BCUT2D eigenvalue weighted by molar-refractivity contribution is -0.139. The molecule has 2 N–H and O–H groups in total. The summed E-state index contributed by atoms with van der Waals surface area (Å²) >= 11 is 0. The molecule has 0 spiro atoms. The summed E-state index contributed by atoms with van der Waals surface area (Å²) in [6.45, 7) is 3.40. The molecule has 1 aromatic rings. The number of amides is 2. The number of nitrogens with zero attached hydrogens (tertiary/aromatic N) is 1. The van der Waals surface area contributed by atoms with Crippen LogP contribution in [0, 0.1) is 11.3 Å². The minimum atomic E-state index is -0.633. The van der Waals surface area contributed by atoms with E-state index >= 15 is 0 Å². The number of benzene rings is 1. The third kappa shape index (κ3) is 4.39. The number of carbonyl (C=O) groups excluding carboxylic acids is 3. The molecule has 1 aromatic carbocycles. The Bertz CT molecular complexity index is 777. The van der Waals surface area contributed by atoms with Crippen molar-refractivity contribution in [2.45, 2.75) is 26.3 Å². The van der Waals surface area contributed by atoms with Crippen LogP contribution >= 0.6 is 0 Å². The van der Waals surface area contributed by atoms with Crippen molar-refractivity contribution in [3.8, 4) is 6.07 Å². The molecule has 0 saturated heterocycles. The molecule has 0 aliphatic carbocycles. The first-order valence-corrected chi connectivity index (χ1v) is 8.15. The van der Waals surface area contributed by atoms with E-state index in [0.29, 0.717) is 12.0 Å². The van der Waals surface area contributed by atoms with Crippen molar-refractivity contribution in [3.63, 3.8) is 0 Å². The Morgan fingerprint density at radius 3 is 2.42 bits per heavy atom. The third-order valence-electron chi connectivity index (χ3n) is 3.74. The van der Waals surface area contributed by atoms with Crippen molar-refractivity contribution >= 4 is 18.0 Å². The molecule has 26 heavy (non-hydrogen) atoms. The molecule has 0 fully saturated rings. The topological polar surface area (TPSA) is 118 Å². The molecule has 0 unspecified atom stereocenters. The minimum Gasteiger partial charge on any atom is -0.463 e. The molecule has 1 aliphatic rings. The van der Waals surface area contributed by atoms with Crippen LogP contribution in [0.25, 0.3) is 0 Å². The molecule has 0 bridgehead atoms. The Balaban J connectivity index is 2.18. The van der Waals surface area contributed by atoms with Crippen molar-refractivity contribution < 1.29 is 23.9 Å². The maximum atomic E-state index is 12.2. The van der Waals surface area contributed by atoms with E-state index in [1.165, 1.54) is 24.3 Å². The van der Waals surface area contributed by atoms with Crippen LogP contribution < -0.4 is 10.6 Å². The second-order valence-electron chi connectivity index (χ2n) is 5.44. The first kappa shape index (κ1) is 19.0. The maximum Gasteiger partial charge on any atom is 0.338 e. The van der Waals surface area contributed by atoms with E-state index in [1.54, 1.807) is 6.92 Å². The Morgan fingerprint density at radius 1 is 1.15 bits per heavy atom. The van der Waals surface area contributed by atoms with Gasteiger partial charge in [0.2, 0.25) is 0 Å².